The second-order valence-corrected chi connectivity index (χ2v) is 6.07. The van der Waals surface area contributed by atoms with E-state index in [1.165, 1.54) is 0 Å². The first kappa shape index (κ1) is 12.3. The molecule has 0 saturated carbocycles. The van der Waals surface area contributed by atoms with Crippen molar-refractivity contribution >= 4 is 16.6 Å². The zero-order valence-electron chi connectivity index (χ0n) is 10.7. The largest absolute Gasteiger partial charge is 0.294 e. The van der Waals surface area contributed by atoms with Crippen molar-refractivity contribution < 1.29 is 9.00 Å². The van der Waals surface area contributed by atoms with Gasteiger partial charge in [0.15, 0.2) is 5.78 Å². The Kier molecular flexibility index (Phi) is 3.07. The Hall–Kier alpha value is -1.74. The molecule has 0 aromatic heterocycles. The molecule has 1 unspecified atom stereocenters. The minimum atomic E-state index is -1.11. The van der Waals surface area contributed by atoms with Crippen LogP contribution in [0.5, 0.6) is 0 Å². The number of benzene rings is 2. The molecule has 0 fully saturated rings. The van der Waals surface area contributed by atoms with Crippen LogP contribution in [-0.2, 0) is 10.8 Å². The molecular weight excluding hydrogens is 256 g/mol. The zero-order valence-corrected chi connectivity index (χ0v) is 11.5. The van der Waals surface area contributed by atoms with Crippen molar-refractivity contribution in [3.8, 4) is 11.1 Å². The van der Waals surface area contributed by atoms with Crippen LogP contribution in [0.4, 0.5) is 0 Å². The summed E-state index contributed by atoms with van der Waals surface area (Å²) < 4.78 is 12.3. The Bertz CT molecular complexity index is 689. The highest BCUT2D eigenvalue weighted by atomic mass is 32.2. The summed E-state index contributed by atoms with van der Waals surface area (Å²) in [6.45, 7) is 2.00. The van der Waals surface area contributed by atoms with Gasteiger partial charge in [-0.25, -0.2) is 4.21 Å². The molecule has 2 nitrogen and oxygen atoms in total. The number of carbonyl (C=O) groups excluding carboxylic acids is 1. The van der Waals surface area contributed by atoms with E-state index < -0.39 is 10.8 Å². The maximum Gasteiger partial charge on any atom is 0.162 e. The average Bonchev–Trinajstić information content (AvgIpc) is 2.73. The minimum absolute atomic E-state index is 0.153. The van der Waals surface area contributed by atoms with E-state index in [0.717, 1.165) is 27.3 Å². The van der Waals surface area contributed by atoms with E-state index in [9.17, 15) is 9.00 Å². The molecule has 0 bridgehead atoms. The standard InChI is InChI=1S/C16H14O2S/c1-2-5-14(17)11-8-9-16-13(10-11)12-6-3-4-7-15(12)19(16)18/h3-4,6-10H,2,5H2,1H3. The lowest BCUT2D eigenvalue weighted by atomic mass is 10.00. The van der Waals surface area contributed by atoms with E-state index in [4.69, 9.17) is 0 Å². The summed E-state index contributed by atoms with van der Waals surface area (Å²) >= 11 is 0. The smallest absolute Gasteiger partial charge is 0.162 e. The lowest BCUT2D eigenvalue weighted by Crippen LogP contribution is -1.98. The summed E-state index contributed by atoms with van der Waals surface area (Å²) in [6.07, 6.45) is 1.40. The summed E-state index contributed by atoms with van der Waals surface area (Å²) in [5, 5.41) is 0. The van der Waals surface area contributed by atoms with Crippen molar-refractivity contribution in [3.05, 3.63) is 48.0 Å². The van der Waals surface area contributed by atoms with Crippen molar-refractivity contribution in [1.29, 1.82) is 0 Å². The zero-order chi connectivity index (χ0) is 13.4. The van der Waals surface area contributed by atoms with E-state index in [2.05, 4.69) is 0 Å². The third kappa shape index (κ3) is 1.94. The van der Waals surface area contributed by atoms with E-state index in [-0.39, 0.29) is 5.78 Å². The maximum absolute atomic E-state index is 12.3. The Labute approximate surface area is 114 Å². The fourth-order valence-electron chi connectivity index (χ4n) is 2.42. The molecule has 0 spiro atoms. The van der Waals surface area contributed by atoms with Gasteiger partial charge >= 0.3 is 0 Å². The van der Waals surface area contributed by atoms with Crippen molar-refractivity contribution in [2.75, 3.05) is 0 Å². The molecule has 1 aliphatic rings. The number of fused-ring (bicyclic) bond motifs is 3. The van der Waals surface area contributed by atoms with Crippen LogP contribution in [0.3, 0.4) is 0 Å². The van der Waals surface area contributed by atoms with Crippen molar-refractivity contribution in [2.24, 2.45) is 0 Å². The fourth-order valence-corrected chi connectivity index (χ4v) is 3.79. The molecule has 0 amide bonds. The summed E-state index contributed by atoms with van der Waals surface area (Å²) in [4.78, 5) is 13.6. The van der Waals surface area contributed by atoms with Crippen LogP contribution in [0.1, 0.15) is 30.1 Å². The summed E-state index contributed by atoms with van der Waals surface area (Å²) in [6, 6.07) is 13.2. The van der Waals surface area contributed by atoms with Gasteiger partial charge in [-0.1, -0.05) is 31.2 Å². The van der Waals surface area contributed by atoms with Crippen molar-refractivity contribution in [2.45, 2.75) is 29.6 Å². The van der Waals surface area contributed by atoms with E-state index in [0.29, 0.717) is 12.0 Å². The molecule has 0 saturated heterocycles. The van der Waals surface area contributed by atoms with Gasteiger partial charge in [-0.05, 0) is 30.2 Å². The molecule has 1 atom stereocenters. The van der Waals surface area contributed by atoms with Gasteiger partial charge in [-0.3, -0.25) is 4.79 Å². The molecule has 0 N–H and O–H groups in total. The van der Waals surface area contributed by atoms with Crippen LogP contribution in [0.25, 0.3) is 11.1 Å². The van der Waals surface area contributed by atoms with Crippen LogP contribution in [-0.4, -0.2) is 9.99 Å². The lowest BCUT2D eigenvalue weighted by Gasteiger charge is -2.03. The van der Waals surface area contributed by atoms with Gasteiger partial charge < -0.3 is 0 Å². The first-order valence-electron chi connectivity index (χ1n) is 6.41. The predicted molar refractivity (Wildman–Crippen MR) is 75.8 cm³/mol. The van der Waals surface area contributed by atoms with Crippen LogP contribution >= 0.6 is 0 Å². The first-order chi connectivity index (χ1) is 9.22. The number of Topliss-reactive ketones (excluding diaryl/α,β-unsaturated/α-hetero) is 1. The molecule has 3 rings (SSSR count). The Balaban J connectivity index is 2.13. The second kappa shape index (κ2) is 4.74. The molecule has 1 heterocycles. The first-order valence-corrected chi connectivity index (χ1v) is 7.55. The van der Waals surface area contributed by atoms with Crippen molar-refractivity contribution in [1.82, 2.24) is 0 Å². The van der Waals surface area contributed by atoms with E-state index in [1.54, 1.807) is 6.07 Å². The molecule has 3 heteroatoms. The second-order valence-electron chi connectivity index (χ2n) is 4.65. The molecule has 1 aliphatic heterocycles. The average molecular weight is 270 g/mol. The molecule has 0 radical (unpaired) electrons. The molecule has 19 heavy (non-hydrogen) atoms. The van der Waals surface area contributed by atoms with Crippen LogP contribution < -0.4 is 0 Å². The Morgan fingerprint density at radius 1 is 1.05 bits per heavy atom. The van der Waals surface area contributed by atoms with Crippen LogP contribution in [0, 0.1) is 0 Å². The fraction of sp³-hybridized carbons (Fsp3) is 0.188. The highest BCUT2D eigenvalue weighted by Gasteiger charge is 2.25. The maximum atomic E-state index is 12.3. The van der Waals surface area contributed by atoms with Crippen LogP contribution in [0.15, 0.2) is 52.3 Å². The molecule has 2 aromatic rings. The number of hydrogen-bond acceptors (Lipinski definition) is 2. The molecule has 0 aliphatic carbocycles. The lowest BCUT2D eigenvalue weighted by molar-refractivity contribution is 0.0981. The monoisotopic (exact) mass is 270 g/mol. The number of carbonyl (C=O) groups is 1. The van der Waals surface area contributed by atoms with Gasteiger partial charge in [0.2, 0.25) is 0 Å². The number of ketones is 1. The van der Waals surface area contributed by atoms with Crippen LogP contribution in [0.2, 0.25) is 0 Å². The summed E-state index contributed by atoms with van der Waals surface area (Å²) in [5.74, 6) is 0.153. The SMILES string of the molecule is CCCC(=O)c1ccc2c(c1)-c1ccccc1S2=O. The normalized spacial score (nSPS) is 15.9. The third-order valence-corrected chi connectivity index (χ3v) is 4.87. The van der Waals surface area contributed by atoms with E-state index in [1.807, 2.05) is 43.3 Å². The molecular formula is C16H14O2S. The number of hydrogen-bond donors (Lipinski definition) is 0. The third-order valence-electron chi connectivity index (χ3n) is 3.36. The van der Waals surface area contributed by atoms with Gasteiger partial charge in [0, 0.05) is 17.5 Å². The topological polar surface area (TPSA) is 34.1 Å². The van der Waals surface area contributed by atoms with Gasteiger partial charge in [0.25, 0.3) is 0 Å². The molecule has 2 aromatic carbocycles. The summed E-state index contributed by atoms with van der Waals surface area (Å²) in [5.41, 5.74) is 2.65. The van der Waals surface area contributed by atoms with Gasteiger partial charge in [-0.2, -0.15) is 0 Å². The number of rotatable bonds is 3. The Morgan fingerprint density at radius 3 is 2.58 bits per heavy atom. The van der Waals surface area contributed by atoms with Gasteiger partial charge in [0.05, 0.1) is 20.6 Å². The van der Waals surface area contributed by atoms with E-state index >= 15 is 0 Å². The molecule has 96 valence electrons. The van der Waals surface area contributed by atoms with Gasteiger partial charge in [-0.15, -0.1) is 0 Å². The van der Waals surface area contributed by atoms with Crippen molar-refractivity contribution in [3.63, 3.8) is 0 Å². The highest BCUT2D eigenvalue weighted by Crippen LogP contribution is 2.40. The quantitative estimate of drug-likeness (QED) is 0.678. The minimum Gasteiger partial charge on any atom is -0.294 e. The summed E-state index contributed by atoms with van der Waals surface area (Å²) in [7, 11) is -1.11. The Morgan fingerprint density at radius 2 is 1.79 bits per heavy atom. The predicted octanol–water partition coefficient (Wildman–Crippen LogP) is 3.82. The van der Waals surface area contributed by atoms with Gasteiger partial charge in [0.1, 0.15) is 0 Å². The highest BCUT2D eigenvalue weighted by molar-refractivity contribution is 7.85.